The van der Waals surface area contributed by atoms with Gasteiger partial charge in [-0.2, -0.15) is 0 Å². The summed E-state index contributed by atoms with van der Waals surface area (Å²) in [6, 6.07) is 8.69. The second-order valence-corrected chi connectivity index (χ2v) is 6.13. The van der Waals surface area contributed by atoms with Crippen molar-refractivity contribution in [3.05, 3.63) is 35.9 Å². The molecule has 1 heterocycles. The van der Waals surface area contributed by atoms with Crippen molar-refractivity contribution in [2.24, 2.45) is 0 Å². The summed E-state index contributed by atoms with van der Waals surface area (Å²) in [4.78, 5) is 37.2. The number of carbonyl (C=O) groups is 3. The van der Waals surface area contributed by atoms with Crippen LogP contribution in [-0.2, 0) is 9.59 Å². The van der Waals surface area contributed by atoms with Crippen LogP contribution in [0.2, 0.25) is 0 Å². The van der Waals surface area contributed by atoms with E-state index in [1.165, 1.54) is 0 Å². The largest absolute Gasteiger partial charge is 0.356 e. The molecule has 0 spiro atoms. The Hall–Kier alpha value is -2.37. The predicted octanol–water partition coefficient (Wildman–Crippen LogP) is 1.32. The van der Waals surface area contributed by atoms with Gasteiger partial charge in [0.05, 0.1) is 0 Å². The maximum absolute atomic E-state index is 12.0. The summed E-state index contributed by atoms with van der Waals surface area (Å²) in [6.07, 6.45) is 2.57. The fraction of sp³-hybridized carbons (Fsp3) is 0.500. The second kappa shape index (κ2) is 9.05. The lowest BCUT2D eigenvalue weighted by Crippen LogP contribution is -2.38. The summed E-state index contributed by atoms with van der Waals surface area (Å²) in [5.41, 5.74) is 0.583. The molecule has 1 aromatic rings. The smallest absolute Gasteiger partial charge is 0.251 e. The zero-order chi connectivity index (χ0) is 17.4. The molecule has 1 atom stereocenters. The molecule has 1 unspecified atom stereocenters. The van der Waals surface area contributed by atoms with E-state index in [1.807, 2.05) is 17.9 Å². The first-order valence-corrected chi connectivity index (χ1v) is 8.46. The van der Waals surface area contributed by atoms with E-state index in [0.717, 1.165) is 19.4 Å². The van der Waals surface area contributed by atoms with Gasteiger partial charge in [0, 0.05) is 44.1 Å². The molecule has 3 amide bonds. The third-order valence-electron chi connectivity index (χ3n) is 4.00. The van der Waals surface area contributed by atoms with E-state index < -0.39 is 0 Å². The Morgan fingerprint density at radius 1 is 1.25 bits per heavy atom. The Labute approximate surface area is 142 Å². The molecule has 130 valence electrons. The molecule has 0 saturated carbocycles. The first-order valence-electron chi connectivity index (χ1n) is 8.46. The first-order chi connectivity index (χ1) is 11.6. The summed E-state index contributed by atoms with van der Waals surface area (Å²) in [7, 11) is 0. The fourth-order valence-corrected chi connectivity index (χ4v) is 2.74. The molecular formula is C18H25N3O3. The molecule has 6 nitrogen and oxygen atoms in total. The van der Waals surface area contributed by atoms with Crippen LogP contribution in [0.5, 0.6) is 0 Å². The topological polar surface area (TPSA) is 78.5 Å². The quantitative estimate of drug-likeness (QED) is 0.705. The van der Waals surface area contributed by atoms with Gasteiger partial charge in [0.25, 0.3) is 5.91 Å². The zero-order valence-electron chi connectivity index (χ0n) is 14.1. The maximum Gasteiger partial charge on any atom is 0.251 e. The van der Waals surface area contributed by atoms with Gasteiger partial charge in [0.15, 0.2) is 0 Å². The summed E-state index contributed by atoms with van der Waals surface area (Å²) in [6.45, 7) is 3.88. The van der Waals surface area contributed by atoms with Crippen LogP contribution >= 0.6 is 0 Å². The van der Waals surface area contributed by atoms with Gasteiger partial charge in [-0.1, -0.05) is 18.2 Å². The minimum absolute atomic E-state index is 0.0939. The highest BCUT2D eigenvalue weighted by molar-refractivity contribution is 5.94. The number of amides is 3. The normalized spacial score (nSPS) is 15.2. The number of nitrogens with zero attached hydrogens (tertiary/aromatic N) is 1. The van der Waals surface area contributed by atoms with Crippen LogP contribution in [-0.4, -0.2) is 48.3 Å². The molecule has 2 rings (SSSR count). The summed E-state index contributed by atoms with van der Waals surface area (Å²) >= 11 is 0. The van der Waals surface area contributed by atoms with Gasteiger partial charge < -0.3 is 15.5 Å². The molecule has 1 saturated heterocycles. The standard InChI is InChI=1S/C18H25N3O3/c1-14(20-18(24)15-7-3-2-4-8-15)13-16(22)19-10-6-12-21-11-5-9-17(21)23/h2-4,7-8,14H,5-6,9-13H2,1H3,(H,19,22)(H,20,24). The minimum atomic E-state index is -0.238. The van der Waals surface area contributed by atoms with Crippen molar-refractivity contribution >= 4 is 17.7 Å². The van der Waals surface area contributed by atoms with Crippen molar-refractivity contribution in [2.75, 3.05) is 19.6 Å². The number of rotatable bonds is 8. The average molecular weight is 331 g/mol. The molecule has 0 radical (unpaired) electrons. The van der Waals surface area contributed by atoms with E-state index in [0.29, 0.717) is 25.1 Å². The number of benzene rings is 1. The summed E-state index contributed by atoms with van der Waals surface area (Å²) in [5, 5.41) is 5.65. The Bertz CT molecular complexity index is 574. The second-order valence-electron chi connectivity index (χ2n) is 6.13. The van der Waals surface area contributed by atoms with Gasteiger partial charge in [-0.05, 0) is 31.9 Å². The van der Waals surface area contributed by atoms with Crippen LogP contribution < -0.4 is 10.6 Å². The third kappa shape index (κ3) is 5.68. The van der Waals surface area contributed by atoms with E-state index in [9.17, 15) is 14.4 Å². The summed E-state index contributed by atoms with van der Waals surface area (Å²) < 4.78 is 0. The van der Waals surface area contributed by atoms with Gasteiger partial charge in [0.2, 0.25) is 11.8 Å². The van der Waals surface area contributed by atoms with Gasteiger partial charge in [0.1, 0.15) is 0 Å². The van der Waals surface area contributed by atoms with Gasteiger partial charge in [-0.25, -0.2) is 0 Å². The molecule has 0 aromatic heterocycles. The van der Waals surface area contributed by atoms with E-state index in [1.54, 1.807) is 24.3 Å². The fourth-order valence-electron chi connectivity index (χ4n) is 2.74. The average Bonchev–Trinajstić information content (AvgIpc) is 2.97. The molecule has 1 aliphatic heterocycles. The van der Waals surface area contributed by atoms with Crippen molar-refractivity contribution < 1.29 is 14.4 Å². The zero-order valence-corrected chi connectivity index (χ0v) is 14.1. The number of hydrogen-bond donors (Lipinski definition) is 2. The van der Waals surface area contributed by atoms with E-state index >= 15 is 0 Å². The highest BCUT2D eigenvalue weighted by Crippen LogP contribution is 2.09. The lowest BCUT2D eigenvalue weighted by Gasteiger charge is -2.16. The number of nitrogens with one attached hydrogen (secondary N) is 2. The number of likely N-dealkylation sites (tertiary alicyclic amines) is 1. The molecule has 1 aromatic carbocycles. The number of hydrogen-bond acceptors (Lipinski definition) is 3. The van der Waals surface area contributed by atoms with Crippen LogP contribution in [0.1, 0.15) is 43.0 Å². The Kier molecular flexibility index (Phi) is 6.78. The Morgan fingerprint density at radius 2 is 2.00 bits per heavy atom. The lowest BCUT2D eigenvalue weighted by molar-refractivity contribution is -0.127. The third-order valence-corrected chi connectivity index (χ3v) is 4.00. The van der Waals surface area contributed by atoms with Crippen LogP contribution in [0.3, 0.4) is 0 Å². The van der Waals surface area contributed by atoms with Crippen LogP contribution in [0, 0.1) is 0 Å². The molecule has 1 fully saturated rings. The highest BCUT2D eigenvalue weighted by Gasteiger charge is 2.19. The Balaban J connectivity index is 1.61. The lowest BCUT2D eigenvalue weighted by atomic mass is 10.1. The molecule has 6 heteroatoms. The molecule has 1 aliphatic rings. The predicted molar refractivity (Wildman–Crippen MR) is 91.4 cm³/mol. The SMILES string of the molecule is CC(CC(=O)NCCCN1CCCC1=O)NC(=O)c1ccccc1. The van der Waals surface area contributed by atoms with Crippen molar-refractivity contribution in [3.8, 4) is 0 Å². The van der Waals surface area contributed by atoms with Crippen molar-refractivity contribution in [3.63, 3.8) is 0 Å². The molecule has 2 N–H and O–H groups in total. The van der Waals surface area contributed by atoms with Crippen molar-refractivity contribution in [1.82, 2.24) is 15.5 Å². The van der Waals surface area contributed by atoms with Crippen LogP contribution in [0.15, 0.2) is 30.3 Å². The molecule has 24 heavy (non-hydrogen) atoms. The first kappa shape index (κ1) is 18.0. The molecule has 0 bridgehead atoms. The summed E-state index contributed by atoms with van der Waals surface area (Å²) in [5.74, 6) is -0.0642. The van der Waals surface area contributed by atoms with E-state index in [4.69, 9.17) is 0 Å². The highest BCUT2D eigenvalue weighted by atomic mass is 16.2. The minimum Gasteiger partial charge on any atom is -0.356 e. The van der Waals surface area contributed by atoms with Crippen molar-refractivity contribution in [1.29, 1.82) is 0 Å². The van der Waals surface area contributed by atoms with Gasteiger partial charge >= 0.3 is 0 Å². The maximum atomic E-state index is 12.0. The molecule has 0 aliphatic carbocycles. The van der Waals surface area contributed by atoms with Gasteiger partial charge in [-0.15, -0.1) is 0 Å². The number of carbonyl (C=O) groups excluding carboxylic acids is 3. The van der Waals surface area contributed by atoms with E-state index in [2.05, 4.69) is 10.6 Å². The monoisotopic (exact) mass is 331 g/mol. The van der Waals surface area contributed by atoms with Gasteiger partial charge in [-0.3, -0.25) is 14.4 Å². The van der Waals surface area contributed by atoms with E-state index in [-0.39, 0.29) is 30.2 Å². The van der Waals surface area contributed by atoms with Crippen LogP contribution in [0.25, 0.3) is 0 Å². The Morgan fingerprint density at radius 3 is 2.67 bits per heavy atom. The molecular weight excluding hydrogens is 306 g/mol. The van der Waals surface area contributed by atoms with Crippen molar-refractivity contribution in [2.45, 2.75) is 38.6 Å². The van der Waals surface area contributed by atoms with Crippen LogP contribution in [0.4, 0.5) is 0 Å².